The second-order valence-corrected chi connectivity index (χ2v) is 6.90. The van der Waals surface area contributed by atoms with Crippen LogP contribution in [0, 0.1) is 11.7 Å². The van der Waals surface area contributed by atoms with Crippen molar-refractivity contribution in [1.82, 2.24) is 15.0 Å². The number of H-pyrrole nitrogens is 2. The second kappa shape index (κ2) is 6.52. The van der Waals surface area contributed by atoms with Crippen LogP contribution < -0.4 is 5.56 Å². The standard InChI is InChI=1S/C20H14ClN3OS/c1-11-2-4-13(5-3-11)16-10-15(12-6-8-14(21)9-7-12)17-18(22-16)23-20(26)24-19(17)25/h2-10H,1H3,(H2,22,23,24,25,26). The molecular weight excluding hydrogens is 366 g/mol. The van der Waals surface area contributed by atoms with E-state index in [1.54, 1.807) is 12.1 Å². The zero-order valence-electron chi connectivity index (χ0n) is 13.8. The second-order valence-electron chi connectivity index (χ2n) is 6.06. The fraction of sp³-hybridized carbons (Fsp3) is 0.0500. The molecule has 0 aliphatic carbocycles. The molecule has 2 aromatic heterocycles. The molecule has 0 radical (unpaired) electrons. The van der Waals surface area contributed by atoms with Gasteiger partial charge in [0.1, 0.15) is 5.65 Å². The maximum atomic E-state index is 12.5. The van der Waals surface area contributed by atoms with E-state index in [-0.39, 0.29) is 10.3 Å². The summed E-state index contributed by atoms with van der Waals surface area (Å²) in [5.41, 5.74) is 4.74. The topological polar surface area (TPSA) is 61.5 Å². The highest BCUT2D eigenvalue weighted by molar-refractivity contribution is 7.71. The number of pyridine rings is 1. The molecule has 0 amide bonds. The predicted molar refractivity (Wildman–Crippen MR) is 108 cm³/mol. The lowest BCUT2D eigenvalue weighted by Crippen LogP contribution is -2.10. The number of aryl methyl sites for hydroxylation is 1. The van der Waals surface area contributed by atoms with Gasteiger partial charge < -0.3 is 4.98 Å². The van der Waals surface area contributed by atoms with Crippen LogP contribution in [0.3, 0.4) is 0 Å². The first-order chi connectivity index (χ1) is 12.5. The molecule has 0 unspecified atom stereocenters. The number of nitrogens with one attached hydrogen (secondary N) is 2. The van der Waals surface area contributed by atoms with Crippen LogP contribution in [0.5, 0.6) is 0 Å². The van der Waals surface area contributed by atoms with Gasteiger partial charge in [0.25, 0.3) is 5.56 Å². The minimum atomic E-state index is -0.267. The van der Waals surface area contributed by atoms with E-state index in [0.717, 1.165) is 22.4 Å². The molecule has 6 heteroatoms. The van der Waals surface area contributed by atoms with Gasteiger partial charge >= 0.3 is 0 Å². The number of benzene rings is 2. The van der Waals surface area contributed by atoms with Crippen molar-refractivity contribution in [3.05, 3.63) is 80.3 Å². The van der Waals surface area contributed by atoms with Crippen molar-refractivity contribution in [3.8, 4) is 22.4 Å². The van der Waals surface area contributed by atoms with Crippen molar-refractivity contribution >= 4 is 34.9 Å². The smallest absolute Gasteiger partial charge is 0.261 e. The average molecular weight is 380 g/mol. The normalized spacial score (nSPS) is 11.0. The van der Waals surface area contributed by atoms with E-state index in [4.69, 9.17) is 23.8 Å². The van der Waals surface area contributed by atoms with Crippen molar-refractivity contribution in [2.75, 3.05) is 0 Å². The van der Waals surface area contributed by atoms with Gasteiger partial charge in [0, 0.05) is 16.1 Å². The number of hydrogen-bond acceptors (Lipinski definition) is 3. The predicted octanol–water partition coefficient (Wildman–Crippen LogP) is 5.28. The van der Waals surface area contributed by atoms with Gasteiger partial charge in [-0.15, -0.1) is 0 Å². The van der Waals surface area contributed by atoms with Crippen LogP contribution in [0.1, 0.15) is 5.56 Å². The Morgan fingerprint density at radius 2 is 1.62 bits per heavy atom. The lowest BCUT2D eigenvalue weighted by Gasteiger charge is -2.10. The average Bonchev–Trinajstić information content (AvgIpc) is 2.61. The molecular formula is C20H14ClN3OS. The number of hydrogen-bond donors (Lipinski definition) is 2. The fourth-order valence-electron chi connectivity index (χ4n) is 2.90. The van der Waals surface area contributed by atoms with E-state index in [0.29, 0.717) is 16.1 Å². The van der Waals surface area contributed by atoms with E-state index in [9.17, 15) is 4.79 Å². The molecule has 2 aromatic carbocycles. The molecule has 0 saturated carbocycles. The van der Waals surface area contributed by atoms with Gasteiger partial charge in [0.15, 0.2) is 4.77 Å². The summed E-state index contributed by atoms with van der Waals surface area (Å²) in [5.74, 6) is 0. The summed E-state index contributed by atoms with van der Waals surface area (Å²) >= 11 is 11.1. The van der Waals surface area contributed by atoms with Crippen molar-refractivity contribution in [2.45, 2.75) is 6.92 Å². The number of fused-ring (bicyclic) bond motifs is 1. The third kappa shape index (κ3) is 3.07. The van der Waals surface area contributed by atoms with Crippen LogP contribution in [-0.2, 0) is 0 Å². The summed E-state index contributed by atoms with van der Waals surface area (Å²) in [6, 6.07) is 17.4. The monoisotopic (exact) mass is 379 g/mol. The Morgan fingerprint density at radius 1 is 0.962 bits per heavy atom. The summed E-state index contributed by atoms with van der Waals surface area (Å²) in [4.78, 5) is 22.8. The lowest BCUT2D eigenvalue weighted by atomic mass is 10.00. The van der Waals surface area contributed by atoms with Crippen molar-refractivity contribution in [3.63, 3.8) is 0 Å². The number of aromatic nitrogens is 3. The zero-order valence-corrected chi connectivity index (χ0v) is 15.4. The van der Waals surface area contributed by atoms with E-state index < -0.39 is 0 Å². The van der Waals surface area contributed by atoms with E-state index in [2.05, 4.69) is 15.0 Å². The molecule has 4 nitrogen and oxygen atoms in total. The van der Waals surface area contributed by atoms with Gasteiger partial charge in [-0.3, -0.25) is 9.78 Å². The first-order valence-electron chi connectivity index (χ1n) is 8.01. The molecule has 0 fully saturated rings. The van der Waals surface area contributed by atoms with Crippen LogP contribution in [0.15, 0.2) is 59.4 Å². The Hall–Kier alpha value is -2.76. The van der Waals surface area contributed by atoms with Crippen LogP contribution in [0.4, 0.5) is 0 Å². The number of nitrogens with zero attached hydrogens (tertiary/aromatic N) is 1. The van der Waals surface area contributed by atoms with Crippen molar-refractivity contribution < 1.29 is 0 Å². The molecule has 4 rings (SSSR count). The number of halogens is 1. The molecule has 0 saturated heterocycles. The Labute approximate surface area is 159 Å². The largest absolute Gasteiger partial charge is 0.316 e. The summed E-state index contributed by atoms with van der Waals surface area (Å²) < 4.78 is 0.248. The van der Waals surface area contributed by atoms with E-state index >= 15 is 0 Å². The molecule has 128 valence electrons. The SMILES string of the molecule is Cc1ccc(-c2cc(-c3ccc(Cl)cc3)c3c(=O)[nH]c(=S)[nH]c3n2)cc1. The molecule has 0 spiro atoms. The number of aromatic amines is 2. The van der Waals surface area contributed by atoms with E-state index in [1.807, 2.05) is 49.4 Å². The molecule has 26 heavy (non-hydrogen) atoms. The van der Waals surface area contributed by atoms with Crippen LogP contribution >= 0.6 is 23.8 Å². The third-order valence-electron chi connectivity index (χ3n) is 4.21. The van der Waals surface area contributed by atoms with Gasteiger partial charge in [0.2, 0.25) is 0 Å². The highest BCUT2D eigenvalue weighted by atomic mass is 35.5. The molecule has 0 atom stereocenters. The minimum Gasteiger partial charge on any atom is -0.316 e. The maximum Gasteiger partial charge on any atom is 0.261 e. The quantitative estimate of drug-likeness (QED) is 0.466. The summed E-state index contributed by atoms with van der Waals surface area (Å²) in [5, 5.41) is 1.11. The van der Waals surface area contributed by atoms with Crippen molar-refractivity contribution in [1.29, 1.82) is 0 Å². The summed E-state index contributed by atoms with van der Waals surface area (Å²) in [6.07, 6.45) is 0. The molecule has 0 bridgehead atoms. The van der Waals surface area contributed by atoms with Gasteiger partial charge in [-0.05, 0) is 42.9 Å². The number of rotatable bonds is 2. The summed E-state index contributed by atoms with van der Waals surface area (Å²) in [7, 11) is 0. The van der Waals surface area contributed by atoms with Crippen LogP contribution in [0.25, 0.3) is 33.4 Å². The zero-order chi connectivity index (χ0) is 18.3. The summed E-state index contributed by atoms with van der Waals surface area (Å²) in [6.45, 7) is 2.04. The molecule has 0 aliphatic rings. The fourth-order valence-corrected chi connectivity index (χ4v) is 3.21. The Bertz CT molecular complexity index is 1230. The van der Waals surface area contributed by atoms with Crippen LogP contribution in [0.2, 0.25) is 5.02 Å². The Kier molecular flexibility index (Phi) is 4.18. The Morgan fingerprint density at radius 3 is 2.31 bits per heavy atom. The lowest BCUT2D eigenvalue weighted by molar-refractivity contribution is 1.11. The molecule has 0 aliphatic heterocycles. The minimum absolute atomic E-state index is 0.248. The van der Waals surface area contributed by atoms with Gasteiger partial charge in [-0.2, -0.15) is 0 Å². The van der Waals surface area contributed by atoms with Crippen molar-refractivity contribution in [2.24, 2.45) is 0 Å². The third-order valence-corrected chi connectivity index (χ3v) is 4.66. The Balaban J connectivity index is 2.07. The first kappa shape index (κ1) is 16.7. The van der Waals surface area contributed by atoms with E-state index in [1.165, 1.54) is 5.56 Å². The van der Waals surface area contributed by atoms with Gasteiger partial charge in [-0.25, -0.2) is 4.98 Å². The van der Waals surface area contributed by atoms with Gasteiger partial charge in [0.05, 0.1) is 11.1 Å². The maximum absolute atomic E-state index is 12.5. The first-order valence-corrected chi connectivity index (χ1v) is 8.80. The van der Waals surface area contributed by atoms with Crippen LogP contribution in [-0.4, -0.2) is 15.0 Å². The van der Waals surface area contributed by atoms with Gasteiger partial charge in [-0.1, -0.05) is 53.6 Å². The molecule has 4 aromatic rings. The molecule has 2 heterocycles. The highest BCUT2D eigenvalue weighted by Crippen LogP contribution is 2.30. The molecule has 2 N–H and O–H groups in total. The highest BCUT2D eigenvalue weighted by Gasteiger charge is 2.13.